The second-order valence-corrected chi connectivity index (χ2v) is 6.43. The highest BCUT2D eigenvalue weighted by Gasteiger charge is 2.14. The summed E-state index contributed by atoms with van der Waals surface area (Å²) in [4.78, 5) is 24.5. The first-order valence-electron chi connectivity index (χ1n) is 8.76. The number of aryl methyl sites for hydroxylation is 2. The summed E-state index contributed by atoms with van der Waals surface area (Å²) in [5.74, 6) is 1.10. The molecule has 2 heterocycles. The lowest BCUT2D eigenvalue weighted by molar-refractivity contribution is 0.0992. The van der Waals surface area contributed by atoms with Gasteiger partial charge in [0.2, 0.25) is 0 Å². The van der Waals surface area contributed by atoms with Crippen molar-refractivity contribution >= 4 is 22.6 Å². The third-order valence-corrected chi connectivity index (χ3v) is 4.54. The van der Waals surface area contributed by atoms with Crippen molar-refractivity contribution in [3.8, 4) is 5.75 Å². The van der Waals surface area contributed by atoms with Gasteiger partial charge >= 0.3 is 5.69 Å². The first-order chi connectivity index (χ1) is 13.5. The van der Waals surface area contributed by atoms with Crippen LogP contribution in [0.3, 0.4) is 0 Å². The molecule has 0 bridgehead atoms. The summed E-state index contributed by atoms with van der Waals surface area (Å²) in [5.41, 5.74) is 2.00. The third kappa shape index (κ3) is 3.29. The minimum absolute atomic E-state index is 0.118. The molecule has 0 saturated carbocycles. The van der Waals surface area contributed by atoms with Crippen LogP contribution < -0.4 is 15.7 Å². The van der Waals surface area contributed by atoms with Crippen LogP contribution in [0.2, 0.25) is 0 Å². The van der Waals surface area contributed by atoms with Crippen LogP contribution in [0.15, 0.2) is 69.9 Å². The highest BCUT2D eigenvalue weighted by atomic mass is 16.5. The summed E-state index contributed by atoms with van der Waals surface area (Å²) in [7, 11) is 3.41. The van der Waals surface area contributed by atoms with Crippen molar-refractivity contribution in [1.82, 2.24) is 9.13 Å². The first-order valence-corrected chi connectivity index (χ1v) is 8.76. The Morgan fingerprint density at radius 1 is 1.00 bits per heavy atom. The maximum absolute atomic E-state index is 12.5. The molecule has 1 N–H and O–H groups in total. The third-order valence-electron chi connectivity index (χ3n) is 4.54. The number of hydrogen-bond donors (Lipinski definition) is 1. The summed E-state index contributed by atoms with van der Waals surface area (Å²) in [5, 5.41) is 2.80. The van der Waals surface area contributed by atoms with E-state index in [4.69, 9.17) is 9.15 Å². The van der Waals surface area contributed by atoms with Crippen LogP contribution in [-0.4, -0.2) is 15.0 Å². The van der Waals surface area contributed by atoms with Crippen molar-refractivity contribution in [3.63, 3.8) is 0 Å². The Balaban J connectivity index is 1.47. The monoisotopic (exact) mass is 377 g/mol. The molecule has 0 saturated heterocycles. The molecule has 7 nitrogen and oxygen atoms in total. The summed E-state index contributed by atoms with van der Waals surface area (Å²) in [6.45, 7) is 0.232. The lowest BCUT2D eigenvalue weighted by Crippen LogP contribution is -2.19. The first kappa shape index (κ1) is 17.7. The van der Waals surface area contributed by atoms with Crippen molar-refractivity contribution in [2.75, 3.05) is 5.32 Å². The summed E-state index contributed by atoms with van der Waals surface area (Å²) in [6, 6.07) is 18.0. The molecule has 28 heavy (non-hydrogen) atoms. The van der Waals surface area contributed by atoms with Crippen LogP contribution in [0.4, 0.5) is 5.69 Å². The van der Waals surface area contributed by atoms with Gasteiger partial charge in [-0.2, -0.15) is 0 Å². The molecule has 4 rings (SSSR count). The normalized spacial score (nSPS) is 10.9. The van der Waals surface area contributed by atoms with Crippen LogP contribution in [0.1, 0.15) is 16.3 Å². The molecule has 2 aromatic carbocycles. The van der Waals surface area contributed by atoms with E-state index in [2.05, 4.69) is 5.32 Å². The molecule has 1 amide bonds. The molecule has 4 aromatic rings. The number of benzene rings is 2. The molecule has 0 aliphatic carbocycles. The van der Waals surface area contributed by atoms with E-state index in [0.29, 0.717) is 11.4 Å². The number of fused-ring (bicyclic) bond motifs is 1. The van der Waals surface area contributed by atoms with Crippen molar-refractivity contribution in [2.45, 2.75) is 6.61 Å². The number of para-hydroxylation sites is 1. The van der Waals surface area contributed by atoms with Gasteiger partial charge in [0.25, 0.3) is 5.91 Å². The van der Waals surface area contributed by atoms with Crippen molar-refractivity contribution in [3.05, 3.63) is 82.7 Å². The summed E-state index contributed by atoms with van der Waals surface area (Å²) >= 11 is 0. The number of nitrogens with one attached hydrogen (secondary N) is 1. The molecule has 0 spiro atoms. The molecule has 0 unspecified atom stereocenters. The topological polar surface area (TPSA) is 78.4 Å². The van der Waals surface area contributed by atoms with E-state index < -0.39 is 0 Å². The second-order valence-electron chi connectivity index (χ2n) is 6.43. The Morgan fingerprint density at radius 3 is 2.54 bits per heavy atom. The van der Waals surface area contributed by atoms with E-state index in [1.54, 1.807) is 49.0 Å². The Kier molecular flexibility index (Phi) is 4.49. The van der Waals surface area contributed by atoms with Gasteiger partial charge in [-0.15, -0.1) is 0 Å². The number of carbonyl (C=O) groups excluding carboxylic acids is 1. The van der Waals surface area contributed by atoms with Gasteiger partial charge in [0.15, 0.2) is 5.76 Å². The van der Waals surface area contributed by atoms with Crippen molar-refractivity contribution in [1.29, 1.82) is 0 Å². The van der Waals surface area contributed by atoms with E-state index in [9.17, 15) is 9.59 Å². The standard InChI is InChI=1S/C21H19N3O4/c1-23-17-10-8-14(12-18(17)24(2)21(23)26)22-20(25)19-11-9-16(28-19)13-27-15-6-4-3-5-7-15/h3-12H,13H2,1-2H3,(H,22,25). The number of rotatable bonds is 5. The number of carbonyl (C=O) groups is 1. The molecule has 0 radical (unpaired) electrons. The van der Waals surface area contributed by atoms with Gasteiger partial charge in [0.05, 0.1) is 11.0 Å². The van der Waals surface area contributed by atoms with Gasteiger partial charge in [-0.05, 0) is 42.5 Å². The predicted octanol–water partition coefficient (Wildman–Crippen LogP) is 3.30. The minimum Gasteiger partial charge on any atom is -0.486 e. The molecule has 7 heteroatoms. The van der Waals surface area contributed by atoms with E-state index in [0.717, 1.165) is 16.8 Å². The van der Waals surface area contributed by atoms with E-state index in [1.807, 2.05) is 30.3 Å². The Bertz CT molecular complexity index is 1200. The molecule has 142 valence electrons. The molecule has 2 aromatic heterocycles. The maximum Gasteiger partial charge on any atom is 0.328 e. The Morgan fingerprint density at radius 2 is 1.75 bits per heavy atom. The molecule has 0 atom stereocenters. The highest BCUT2D eigenvalue weighted by molar-refractivity contribution is 6.03. The molecular weight excluding hydrogens is 358 g/mol. The van der Waals surface area contributed by atoms with Crippen molar-refractivity contribution in [2.24, 2.45) is 14.1 Å². The fraction of sp³-hybridized carbons (Fsp3) is 0.143. The fourth-order valence-corrected chi connectivity index (χ4v) is 3.03. The zero-order chi connectivity index (χ0) is 19.7. The SMILES string of the molecule is Cn1c(=O)n(C)c2cc(NC(=O)c3ccc(COc4ccccc4)o3)ccc21. The number of ether oxygens (including phenoxy) is 1. The van der Waals surface area contributed by atoms with Crippen LogP contribution in [-0.2, 0) is 20.7 Å². The average Bonchev–Trinajstić information content (AvgIpc) is 3.27. The largest absolute Gasteiger partial charge is 0.486 e. The summed E-state index contributed by atoms with van der Waals surface area (Å²) in [6.07, 6.45) is 0. The molecule has 0 aliphatic heterocycles. The van der Waals surface area contributed by atoms with Crippen LogP contribution in [0.5, 0.6) is 5.75 Å². The van der Waals surface area contributed by atoms with Gasteiger partial charge in [-0.3, -0.25) is 13.9 Å². The number of aromatic nitrogens is 2. The molecule has 0 fully saturated rings. The number of imidazole rings is 1. The van der Waals surface area contributed by atoms with E-state index in [-0.39, 0.29) is 24.0 Å². The number of furan rings is 1. The number of anilines is 1. The smallest absolute Gasteiger partial charge is 0.328 e. The van der Waals surface area contributed by atoms with Gasteiger partial charge in [-0.25, -0.2) is 4.79 Å². The number of amides is 1. The average molecular weight is 377 g/mol. The second kappa shape index (κ2) is 7.11. The number of nitrogens with zero attached hydrogens (tertiary/aromatic N) is 2. The van der Waals surface area contributed by atoms with Gasteiger partial charge < -0.3 is 14.5 Å². The molecular formula is C21H19N3O4. The fourth-order valence-electron chi connectivity index (χ4n) is 3.03. The minimum atomic E-state index is -0.369. The quantitative estimate of drug-likeness (QED) is 0.579. The zero-order valence-corrected chi connectivity index (χ0v) is 15.5. The van der Waals surface area contributed by atoms with Gasteiger partial charge in [0.1, 0.15) is 18.1 Å². The Hall–Kier alpha value is -3.74. The van der Waals surface area contributed by atoms with Crippen LogP contribution in [0, 0.1) is 0 Å². The lowest BCUT2D eigenvalue weighted by Gasteiger charge is -2.05. The predicted molar refractivity (Wildman–Crippen MR) is 106 cm³/mol. The zero-order valence-electron chi connectivity index (χ0n) is 15.5. The van der Waals surface area contributed by atoms with Gasteiger partial charge in [0, 0.05) is 19.8 Å². The number of hydrogen-bond acceptors (Lipinski definition) is 4. The van der Waals surface area contributed by atoms with Crippen LogP contribution in [0.25, 0.3) is 11.0 Å². The van der Waals surface area contributed by atoms with Gasteiger partial charge in [-0.1, -0.05) is 18.2 Å². The van der Waals surface area contributed by atoms with E-state index >= 15 is 0 Å². The van der Waals surface area contributed by atoms with E-state index in [1.165, 1.54) is 4.57 Å². The lowest BCUT2D eigenvalue weighted by atomic mass is 10.2. The maximum atomic E-state index is 12.5. The van der Waals surface area contributed by atoms with Crippen LogP contribution >= 0.6 is 0 Å². The Labute approximate surface area is 160 Å². The van der Waals surface area contributed by atoms with Crippen molar-refractivity contribution < 1.29 is 13.9 Å². The summed E-state index contributed by atoms with van der Waals surface area (Å²) < 4.78 is 14.3. The highest BCUT2D eigenvalue weighted by Crippen LogP contribution is 2.19. The molecule has 0 aliphatic rings.